The number of nitrogens with one attached hydrogen (secondary N) is 1. The molecule has 1 rings (SSSR count). The molecule has 0 fully saturated rings. The van der Waals surface area contributed by atoms with Crippen molar-refractivity contribution in [1.29, 1.82) is 0 Å². The van der Waals surface area contributed by atoms with E-state index in [-0.39, 0.29) is 5.91 Å². The number of ether oxygens (including phenoxy) is 1. The van der Waals surface area contributed by atoms with Crippen molar-refractivity contribution in [3.8, 4) is 0 Å². The van der Waals surface area contributed by atoms with Crippen LogP contribution in [0.1, 0.15) is 62.7 Å². The Morgan fingerprint density at radius 3 is 2.48 bits per heavy atom. The fourth-order valence-electron chi connectivity index (χ4n) is 2.16. The summed E-state index contributed by atoms with van der Waals surface area (Å²) < 4.78 is 5.19. The first kappa shape index (κ1) is 19.5. The van der Waals surface area contributed by atoms with Crippen LogP contribution in [0, 0.1) is 0 Å². The van der Waals surface area contributed by atoms with Gasteiger partial charge in [0.15, 0.2) is 0 Å². The number of amides is 1. The zero-order valence-electron chi connectivity index (χ0n) is 13.9. The molecule has 1 aromatic rings. The Bertz CT molecular complexity index is 505. The summed E-state index contributed by atoms with van der Waals surface area (Å²) in [7, 11) is 0. The van der Waals surface area contributed by atoms with Crippen LogP contribution in [0.4, 0.5) is 0 Å². The first-order valence-electron chi connectivity index (χ1n) is 8.28. The van der Waals surface area contributed by atoms with Gasteiger partial charge in [0.2, 0.25) is 0 Å². The monoisotopic (exact) mass is 339 g/mol. The van der Waals surface area contributed by atoms with E-state index in [0.717, 1.165) is 12.8 Å². The number of carbonyl (C=O) groups excluding carboxylic acids is 2. The largest absolute Gasteiger partial charge is 0.464 e. The van der Waals surface area contributed by atoms with E-state index in [2.05, 4.69) is 12.2 Å². The van der Waals surface area contributed by atoms with Gasteiger partial charge in [0, 0.05) is 0 Å². The maximum Gasteiger partial charge on any atom is 0.328 e. The first-order chi connectivity index (χ1) is 11.1. The van der Waals surface area contributed by atoms with Crippen molar-refractivity contribution in [1.82, 2.24) is 5.32 Å². The van der Waals surface area contributed by atoms with E-state index in [1.54, 1.807) is 31.2 Å². The van der Waals surface area contributed by atoms with Gasteiger partial charge >= 0.3 is 5.97 Å². The zero-order chi connectivity index (χ0) is 17.1. The van der Waals surface area contributed by atoms with E-state index in [4.69, 9.17) is 16.3 Å². The second kappa shape index (κ2) is 11.1. The quantitative estimate of drug-likeness (QED) is 0.509. The summed E-state index contributed by atoms with van der Waals surface area (Å²) in [6.07, 6.45) is 6.80. The Morgan fingerprint density at radius 1 is 1.13 bits per heavy atom. The molecule has 0 aliphatic heterocycles. The summed E-state index contributed by atoms with van der Waals surface area (Å²) in [6.45, 7) is 4.19. The second-order valence-corrected chi connectivity index (χ2v) is 6.02. The van der Waals surface area contributed by atoms with Gasteiger partial charge in [-0.15, -0.1) is 0 Å². The molecule has 1 amide bonds. The number of hydrogen-bond donors (Lipinski definition) is 1. The minimum atomic E-state index is -0.695. The molecule has 1 unspecified atom stereocenters. The third-order valence-corrected chi connectivity index (χ3v) is 3.89. The maximum absolute atomic E-state index is 12.1. The van der Waals surface area contributed by atoms with Crippen LogP contribution < -0.4 is 5.32 Å². The Hall–Kier alpha value is -1.55. The van der Waals surface area contributed by atoms with Crippen molar-refractivity contribution in [2.24, 2.45) is 0 Å². The van der Waals surface area contributed by atoms with Crippen molar-refractivity contribution in [3.63, 3.8) is 0 Å². The topological polar surface area (TPSA) is 55.4 Å². The molecule has 0 aliphatic rings. The minimum absolute atomic E-state index is 0.352. The van der Waals surface area contributed by atoms with Crippen molar-refractivity contribution < 1.29 is 14.3 Å². The smallest absolute Gasteiger partial charge is 0.328 e. The number of unbranched alkanes of at least 4 members (excludes halogenated alkanes) is 5. The molecule has 5 heteroatoms. The van der Waals surface area contributed by atoms with E-state index in [1.165, 1.54) is 25.7 Å². The number of carbonyl (C=O) groups is 2. The fourth-order valence-corrected chi connectivity index (χ4v) is 2.38. The normalized spacial score (nSPS) is 11.8. The van der Waals surface area contributed by atoms with Gasteiger partial charge in [0.1, 0.15) is 6.04 Å². The molecular weight excluding hydrogens is 314 g/mol. The maximum atomic E-state index is 12.1. The zero-order valence-corrected chi connectivity index (χ0v) is 14.7. The van der Waals surface area contributed by atoms with E-state index < -0.39 is 12.0 Å². The predicted molar refractivity (Wildman–Crippen MR) is 92.7 cm³/mol. The highest BCUT2D eigenvalue weighted by Gasteiger charge is 2.19. The Morgan fingerprint density at radius 2 is 1.78 bits per heavy atom. The highest BCUT2D eigenvalue weighted by Crippen LogP contribution is 2.14. The molecule has 23 heavy (non-hydrogen) atoms. The van der Waals surface area contributed by atoms with Crippen LogP contribution >= 0.6 is 11.6 Å². The van der Waals surface area contributed by atoms with Crippen LogP contribution in [0.5, 0.6) is 0 Å². The number of benzene rings is 1. The van der Waals surface area contributed by atoms with Gasteiger partial charge in [0.05, 0.1) is 17.2 Å². The molecule has 0 saturated heterocycles. The molecule has 1 atom stereocenters. The Kier molecular flexibility index (Phi) is 9.37. The van der Waals surface area contributed by atoms with Gasteiger partial charge < -0.3 is 10.1 Å². The third kappa shape index (κ3) is 7.51. The average Bonchev–Trinajstić information content (AvgIpc) is 2.54. The summed E-state index contributed by atoms with van der Waals surface area (Å²) >= 11 is 5.96. The van der Waals surface area contributed by atoms with Gasteiger partial charge in [-0.2, -0.15) is 0 Å². The van der Waals surface area contributed by atoms with E-state index in [9.17, 15) is 9.59 Å². The van der Waals surface area contributed by atoms with E-state index >= 15 is 0 Å². The highest BCUT2D eigenvalue weighted by molar-refractivity contribution is 6.33. The summed E-state index contributed by atoms with van der Waals surface area (Å²) in [6, 6.07) is 6.03. The van der Waals surface area contributed by atoms with Crippen LogP contribution in [0.3, 0.4) is 0 Å². The molecule has 1 aromatic carbocycles. The molecule has 4 nitrogen and oxygen atoms in total. The molecule has 0 heterocycles. The highest BCUT2D eigenvalue weighted by atomic mass is 35.5. The van der Waals surface area contributed by atoms with Crippen LogP contribution in [0.25, 0.3) is 0 Å². The standard InChI is InChI=1S/C18H26ClNO3/c1-3-4-5-6-7-10-13-23-18(22)14(2)20-17(21)15-11-8-9-12-16(15)19/h8-9,11-12,14H,3-7,10,13H2,1-2H3,(H,20,21). The molecule has 0 aromatic heterocycles. The summed E-state index contributed by atoms with van der Waals surface area (Å²) in [5.41, 5.74) is 0.352. The summed E-state index contributed by atoms with van der Waals surface area (Å²) in [4.78, 5) is 23.9. The van der Waals surface area contributed by atoms with Gasteiger partial charge in [0.25, 0.3) is 5.91 Å². The fraction of sp³-hybridized carbons (Fsp3) is 0.556. The van der Waals surface area contributed by atoms with Crippen LogP contribution in [0.2, 0.25) is 5.02 Å². The van der Waals surface area contributed by atoms with Crippen LogP contribution in [0.15, 0.2) is 24.3 Å². The molecule has 128 valence electrons. The lowest BCUT2D eigenvalue weighted by molar-refractivity contribution is -0.145. The predicted octanol–water partition coefficient (Wildman–Crippen LogP) is 4.36. The van der Waals surface area contributed by atoms with Crippen molar-refractivity contribution in [3.05, 3.63) is 34.9 Å². The first-order valence-corrected chi connectivity index (χ1v) is 8.66. The SMILES string of the molecule is CCCCCCCCOC(=O)C(C)NC(=O)c1ccccc1Cl. The van der Waals surface area contributed by atoms with E-state index in [1.807, 2.05) is 0 Å². The number of esters is 1. The van der Waals surface area contributed by atoms with Gasteiger partial charge in [-0.25, -0.2) is 4.79 Å². The number of rotatable bonds is 10. The molecule has 0 aliphatic carbocycles. The summed E-state index contributed by atoms with van der Waals surface area (Å²) in [5, 5.41) is 2.97. The van der Waals surface area contributed by atoms with Crippen LogP contribution in [-0.2, 0) is 9.53 Å². The van der Waals surface area contributed by atoms with Crippen molar-refractivity contribution in [2.75, 3.05) is 6.61 Å². The van der Waals surface area contributed by atoms with Gasteiger partial charge in [-0.3, -0.25) is 4.79 Å². The third-order valence-electron chi connectivity index (χ3n) is 3.56. The lowest BCUT2D eigenvalue weighted by atomic mass is 10.1. The van der Waals surface area contributed by atoms with Crippen LogP contribution in [-0.4, -0.2) is 24.5 Å². The Labute approximate surface area is 143 Å². The molecule has 0 spiro atoms. The van der Waals surface area contributed by atoms with Crippen molar-refractivity contribution >= 4 is 23.5 Å². The Balaban J connectivity index is 2.26. The molecule has 0 bridgehead atoms. The molecule has 1 N–H and O–H groups in total. The minimum Gasteiger partial charge on any atom is -0.464 e. The van der Waals surface area contributed by atoms with Gasteiger partial charge in [-0.1, -0.05) is 62.8 Å². The number of halogens is 1. The molecule has 0 saturated carbocycles. The van der Waals surface area contributed by atoms with E-state index in [0.29, 0.717) is 17.2 Å². The van der Waals surface area contributed by atoms with Crippen molar-refractivity contribution in [2.45, 2.75) is 58.4 Å². The lowest BCUT2D eigenvalue weighted by Gasteiger charge is -2.14. The van der Waals surface area contributed by atoms with Gasteiger partial charge in [-0.05, 0) is 25.5 Å². The average molecular weight is 340 g/mol. The lowest BCUT2D eigenvalue weighted by Crippen LogP contribution is -2.39. The number of hydrogen-bond acceptors (Lipinski definition) is 3. The molecule has 0 radical (unpaired) electrons. The molecular formula is C18H26ClNO3. The second-order valence-electron chi connectivity index (χ2n) is 5.61. The summed E-state index contributed by atoms with van der Waals surface area (Å²) in [5.74, 6) is -0.793.